The van der Waals surface area contributed by atoms with E-state index in [0.29, 0.717) is 6.67 Å². The molecule has 0 amide bonds. The largest absolute Gasteiger partial charge is 0.480 e. The van der Waals surface area contributed by atoms with Gasteiger partial charge in [-0.25, -0.2) is 0 Å². The zero-order valence-electron chi connectivity index (χ0n) is 6.23. The van der Waals surface area contributed by atoms with Crippen molar-refractivity contribution in [3.63, 3.8) is 0 Å². The average molecular weight is 179 g/mol. The first-order chi connectivity index (χ1) is 4.68. The first-order valence-corrected chi connectivity index (χ1v) is 3.03. The predicted octanol–water partition coefficient (Wildman–Crippen LogP) is 0.169. The molecule has 0 fully saturated rings. The molecule has 5 heteroatoms. The minimum Gasteiger partial charge on any atom is -0.480 e. The van der Waals surface area contributed by atoms with Crippen LogP contribution < -0.4 is 0 Å². The molecule has 4 nitrogen and oxygen atoms in total. The molecule has 0 aromatic heterocycles. The van der Waals surface area contributed by atoms with Gasteiger partial charge < -0.3 is 14.9 Å². The molecule has 11 heavy (non-hydrogen) atoms. The summed E-state index contributed by atoms with van der Waals surface area (Å²) in [5, 5.41) is 8.37. The molecule has 1 aliphatic heterocycles. The van der Waals surface area contributed by atoms with Gasteiger partial charge in [0, 0.05) is 19.4 Å². The normalized spacial score (nSPS) is 15.0. The van der Waals surface area contributed by atoms with Gasteiger partial charge in [-0.3, -0.25) is 4.79 Å². The average Bonchev–Trinajstić information content (AvgIpc) is 2.13. The van der Waals surface area contributed by atoms with Gasteiger partial charge in [0.15, 0.2) is 0 Å². The fourth-order valence-corrected chi connectivity index (χ4v) is 0.865. The van der Waals surface area contributed by atoms with E-state index < -0.39 is 5.97 Å². The molecule has 0 unspecified atom stereocenters. The number of carboxylic acid groups (broad SMARTS) is 1. The third-order valence-electron chi connectivity index (χ3n) is 1.28. The third kappa shape index (κ3) is 3.13. The highest BCUT2D eigenvalue weighted by Crippen LogP contribution is 2.01. The number of rotatable bonds is 2. The first kappa shape index (κ1) is 10.1. The molecule has 64 valence electrons. The predicted molar refractivity (Wildman–Crippen MR) is 43.4 cm³/mol. The summed E-state index contributed by atoms with van der Waals surface area (Å²) in [5.74, 6) is -0.792. The van der Waals surface area contributed by atoms with Gasteiger partial charge in [-0.15, -0.1) is 12.4 Å². The molecule has 0 bridgehead atoms. The van der Waals surface area contributed by atoms with Crippen LogP contribution in [0.15, 0.2) is 12.4 Å². The van der Waals surface area contributed by atoms with Crippen molar-refractivity contribution in [1.29, 1.82) is 0 Å². The minimum absolute atomic E-state index is 0. The Morgan fingerprint density at radius 1 is 1.64 bits per heavy atom. The van der Waals surface area contributed by atoms with E-state index in [2.05, 4.69) is 0 Å². The SMILES string of the molecule is CN1C=CN(CC(=O)O)C1.Cl. The summed E-state index contributed by atoms with van der Waals surface area (Å²) in [7, 11) is 1.90. The number of hydrogen-bond donors (Lipinski definition) is 1. The van der Waals surface area contributed by atoms with Gasteiger partial charge in [0.25, 0.3) is 0 Å². The van der Waals surface area contributed by atoms with Gasteiger partial charge in [0.2, 0.25) is 0 Å². The standard InChI is InChI=1S/C6H10N2O2.ClH/c1-7-2-3-8(5-7)4-6(9)10;/h2-3H,4-5H2,1H3,(H,9,10);1H. The van der Waals surface area contributed by atoms with Crippen LogP contribution in [0.4, 0.5) is 0 Å². The summed E-state index contributed by atoms with van der Waals surface area (Å²) in [6.07, 6.45) is 3.62. The number of hydrogen-bond acceptors (Lipinski definition) is 3. The van der Waals surface area contributed by atoms with Crippen molar-refractivity contribution in [3.8, 4) is 0 Å². The summed E-state index contributed by atoms with van der Waals surface area (Å²) in [5.41, 5.74) is 0. The summed E-state index contributed by atoms with van der Waals surface area (Å²) in [6, 6.07) is 0. The molecule has 0 saturated heterocycles. The second-order valence-electron chi connectivity index (χ2n) is 2.34. The number of nitrogens with zero attached hydrogens (tertiary/aromatic N) is 2. The Kier molecular flexibility index (Phi) is 3.74. The summed E-state index contributed by atoms with van der Waals surface area (Å²) < 4.78 is 0. The Morgan fingerprint density at radius 2 is 2.27 bits per heavy atom. The number of halogens is 1. The third-order valence-corrected chi connectivity index (χ3v) is 1.28. The highest BCUT2D eigenvalue weighted by atomic mass is 35.5. The van der Waals surface area contributed by atoms with E-state index in [9.17, 15) is 4.79 Å². The summed E-state index contributed by atoms with van der Waals surface area (Å²) in [4.78, 5) is 13.8. The van der Waals surface area contributed by atoms with E-state index in [0.717, 1.165) is 0 Å². The lowest BCUT2D eigenvalue weighted by Crippen LogP contribution is -2.27. The number of aliphatic carboxylic acids is 1. The Bertz CT molecular complexity index is 172. The highest BCUT2D eigenvalue weighted by Gasteiger charge is 2.10. The van der Waals surface area contributed by atoms with Crippen molar-refractivity contribution in [2.75, 3.05) is 20.3 Å². The maximum atomic E-state index is 10.2. The molecule has 1 aliphatic rings. The van der Waals surface area contributed by atoms with Crippen LogP contribution in [0.5, 0.6) is 0 Å². The molecule has 1 rings (SSSR count). The Hall–Kier alpha value is -0.900. The summed E-state index contributed by atoms with van der Waals surface area (Å²) >= 11 is 0. The van der Waals surface area contributed by atoms with Crippen LogP contribution in [0.25, 0.3) is 0 Å². The van der Waals surface area contributed by atoms with Crippen molar-refractivity contribution in [2.24, 2.45) is 0 Å². The molecular formula is C6H11ClN2O2. The van der Waals surface area contributed by atoms with Gasteiger partial charge in [-0.05, 0) is 0 Å². The van der Waals surface area contributed by atoms with Crippen LogP contribution in [-0.4, -0.2) is 41.1 Å². The van der Waals surface area contributed by atoms with E-state index in [4.69, 9.17) is 5.11 Å². The number of carbonyl (C=O) groups is 1. The van der Waals surface area contributed by atoms with Gasteiger partial charge in [0.1, 0.15) is 6.54 Å². The molecule has 0 spiro atoms. The van der Waals surface area contributed by atoms with Gasteiger partial charge in [0.05, 0.1) is 6.67 Å². The molecule has 1 N–H and O–H groups in total. The van der Waals surface area contributed by atoms with Crippen LogP contribution in [0.2, 0.25) is 0 Å². The van der Waals surface area contributed by atoms with Crippen LogP contribution in [0, 0.1) is 0 Å². The van der Waals surface area contributed by atoms with Crippen LogP contribution in [0.1, 0.15) is 0 Å². The van der Waals surface area contributed by atoms with Gasteiger partial charge in [-0.2, -0.15) is 0 Å². The van der Waals surface area contributed by atoms with Crippen molar-refractivity contribution in [3.05, 3.63) is 12.4 Å². The van der Waals surface area contributed by atoms with Crippen molar-refractivity contribution in [1.82, 2.24) is 9.80 Å². The molecule has 0 saturated carbocycles. The zero-order chi connectivity index (χ0) is 7.56. The maximum Gasteiger partial charge on any atom is 0.323 e. The first-order valence-electron chi connectivity index (χ1n) is 3.03. The van der Waals surface area contributed by atoms with Crippen molar-refractivity contribution in [2.45, 2.75) is 0 Å². The second kappa shape index (κ2) is 4.08. The smallest absolute Gasteiger partial charge is 0.323 e. The molecule has 0 aromatic carbocycles. The Balaban J connectivity index is 0.000001000. The molecule has 0 atom stereocenters. The zero-order valence-corrected chi connectivity index (χ0v) is 7.04. The lowest BCUT2D eigenvalue weighted by atomic mass is 10.6. The molecule has 1 heterocycles. The Labute approximate surface area is 71.5 Å². The van der Waals surface area contributed by atoms with E-state index in [-0.39, 0.29) is 19.0 Å². The van der Waals surface area contributed by atoms with Crippen LogP contribution in [-0.2, 0) is 4.79 Å². The monoisotopic (exact) mass is 178 g/mol. The van der Waals surface area contributed by atoms with Gasteiger partial charge in [-0.1, -0.05) is 0 Å². The van der Waals surface area contributed by atoms with E-state index in [1.807, 2.05) is 18.1 Å². The number of carboxylic acids is 1. The summed E-state index contributed by atoms with van der Waals surface area (Å²) in [6.45, 7) is 0.757. The topological polar surface area (TPSA) is 43.8 Å². The maximum absolute atomic E-state index is 10.2. The van der Waals surface area contributed by atoms with Crippen molar-refractivity contribution < 1.29 is 9.90 Å². The lowest BCUT2D eigenvalue weighted by molar-refractivity contribution is -0.137. The minimum atomic E-state index is -0.792. The molecule has 0 radical (unpaired) electrons. The van der Waals surface area contributed by atoms with Gasteiger partial charge >= 0.3 is 5.97 Å². The second-order valence-corrected chi connectivity index (χ2v) is 2.34. The van der Waals surface area contributed by atoms with Crippen LogP contribution in [0.3, 0.4) is 0 Å². The quantitative estimate of drug-likeness (QED) is 0.655. The lowest BCUT2D eigenvalue weighted by Gasteiger charge is -2.14. The molecule has 0 aliphatic carbocycles. The Morgan fingerprint density at radius 3 is 2.64 bits per heavy atom. The molecule has 0 aromatic rings. The van der Waals surface area contributed by atoms with E-state index in [1.54, 1.807) is 11.1 Å². The molecular weight excluding hydrogens is 168 g/mol. The highest BCUT2D eigenvalue weighted by molar-refractivity contribution is 5.85. The fourth-order valence-electron chi connectivity index (χ4n) is 0.865. The van der Waals surface area contributed by atoms with E-state index >= 15 is 0 Å². The van der Waals surface area contributed by atoms with E-state index in [1.165, 1.54) is 0 Å². The van der Waals surface area contributed by atoms with Crippen molar-refractivity contribution >= 4 is 18.4 Å². The van der Waals surface area contributed by atoms with Crippen LogP contribution >= 0.6 is 12.4 Å². The fraction of sp³-hybridized carbons (Fsp3) is 0.500.